The van der Waals surface area contributed by atoms with Crippen molar-refractivity contribution in [3.05, 3.63) is 49.2 Å². The van der Waals surface area contributed by atoms with Gasteiger partial charge < -0.3 is 11.1 Å². The van der Waals surface area contributed by atoms with E-state index in [1.54, 1.807) is 0 Å². The number of hydrogen-bond donors (Lipinski definition) is 0. The van der Waals surface area contributed by atoms with Gasteiger partial charge in [-0.3, -0.25) is 11.5 Å². The summed E-state index contributed by atoms with van der Waals surface area (Å²) in [7, 11) is 0. The van der Waals surface area contributed by atoms with Gasteiger partial charge in [0.1, 0.15) is 0 Å². The number of benzene rings is 1. The molecule has 17 heavy (non-hydrogen) atoms. The standard InChI is InChI=1S/C8H13N2.C6H5.Y/c1-2-10-6-5-9-4-3-8(10)7-9;1-2-4-6-5-3-1;/h8H,1,3-7H2;1-5H;/q2*-1;. The van der Waals surface area contributed by atoms with E-state index in [0.29, 0.717) is 0 Å². The Labute approximate surface area is 130 Å². The molecule has 2 fully saturated rings. The summed E-state index contributed by atoms with van der Waals surface area (Å²) in [5.74, 6) is 0. The van der Waals surface area contributed by atoms with E-state index in [0.717, 1.165) is 12.6 Å². The number of fused-ring (bicyclic) bond motifs is 2. The normalized spacial score (nSPS) is 25.3. The molecular weight excluding hydrogens is 285 g/mol. The summed E-state index contributed by atoms with van der Waals surface area (Å²) >= 11 is 0. The van der Waals surface area contributed by atoms with Crippen LogP contribution in [-0.2, 0) is 32.7 Å². The Morgan fingerprint density at radius 3 is 2.41 bits per heavy atom. The fourth-order valence-electron chi connectivity index (χ4n) is 2.25. The Morgan fingerprint density at radius 1 is 1.12 bits per heavy atom. The minimum Gasteiger partial charge on any atom is -0.550 e. The molecule has 2 bridgehead atoms. The molecule has 1 aromatic rings. The predicted molar refractivity (Wildman–Crippen MR) is 65.7 cm³/mol. The second-order valence-electron chi connectivity index (χ2n) is 4.17. The first-order chi connectivity index (χ1) is 7.90. The van der Waals surface area contributed by atoms with E-state index in [1.807, 2.05) is 30.3 Å². The Kier molecular flexibility index (Phi) is 7.02. The second kappa shape index (κ2) is 8.02. The fraction of sp³-hybridized carbons (Fsp3) is 0.429. The number of rotatable bonds is 1. The summed E-state index contributed by atoms with van der Waals surface area (Å²) in [6.45, 7) is 8.54. The molecule has 2 unspecified atom stereocenters. The molecule has 1 aromatic carbocycles. The summed E-state index contributed by atoms with van der Waals surface area (Å²) in [4.78, 5) is 4.77. The summed E-state index contributed by atoms with van der Waals surface area (Å²) in [6.07, 6.45) is 4.30. The molecule has 0 spiro atoms. The van der Waals surface area contributed by atoms with Crippen LogP contribution in [0, 0.1) is 12.3 Å². The summed E-state index contributed by atoms with van der Waals surface area (Å²) < 4.78 is 0. The largest absolute Gasteiger partial charge is 0.550 e. The quantitative estimate of drug-likeness (QED) is 0.730. The molecule has 89 valence electrons. The van der Waals surface area contributed by atoms with Gasteiger partial charge in [0.25, 0.3) is 0 Å². The van der Waals surface area contributed by atoms with Crippen LogP contribution in [0.25, 0.3) is 0 Å². The van der Waals surface area contributed by atoms with Crippen LogP contribution in [0.15, 0.2) is 36.9 Å². The van der Waals surface area contributed by atoms with Crippen LogP contribution in [0.2, 0.25) is 0 Å². The minimum atomic E-state index is 0. The molecule has 3 heteroatoms. The predicted octanol–water partition coefficient (Wildman–Crippen LogP) is 1.81. The molecular formula is C14H18N2Y-2. The maximum atomic E-state index is 3.68. The molecule has 2 aliphatic rings. The molecule has 0 N–H and O–H groups in total. The molecule has 0 aromatic heterocycles. The van der Waals surface area contributed by atoms with Crippen molar-refractivity contribution in [1.82, 2.24) is 9.80 Å². The molecule has 0 amide bonds. The third kappa shape index (κ3) is 4.53. The molecule has 0 aliphatic carbocycles. The van der Waals surface area contributed by atoms with Crippen molar-refractivity contribution >= 4 is 0 Å². The number of hydrogen-bond acceptors (Lipinski definition) is 2. The molecule has 3 rings (SSSR count). The topological polar surface area (TPSA) is 6.48 Å². The zero-order valence-electron chi connectivity index (χ0n) is 10.2. The maximum Gasteiger partial charge on any atom is 0.0161 e. The van der Waals surface area contributed by atoms with Crippen LogP contribution in [0.4, 0.5) is 0 Å². The van der Waals surface area contributed by atoms with Crippen molar-refractivity contribution in [2.45, 2.75) is 12.5 Å². The maximum absolute atomic E-state index is 3.68. The van der Waals surface area contributed by atoms with Crippen LogP contribution in [-0.4, -0.2) is 42.0 Å². The number of piperazine rings is 1. The van der Waals surface area contributed by atoms with Gasteiger partial charge in [-0.15, -0.1) is 0 Å². The Morgan fingerprint density at radius 2 is 1.88 bits per heavy atom. The average Bonchev–Trinajstić information content (AvgIpc) is 2.75. The van der Waals surface area contributed by atoms with Crippen molar-refractivity contribution in [3.8, 4) is 0 Å². The van der Waals surface area contributed by atoms with Crippen molar-refractivity contribution in [3.63, 3.8) is 0 Å². The van der Waals surface area contributed by atoms with Crippen molar-refractivity contribution in [2.24, 2.45) is 0 Å². The van der Waals surface area contributed by atoms with Crippen LogP contribution in [0.1, 0.15) is 6.42 Å². The van der Waals surface area contributed by atoms with E-state index >= 15 is 0 Å². The van der Waals surface area contributed by atoms with Crippen LogP contribution in [0.3, 0.4) is 0 Å². The van der Waals surface area contributed by atoms with E-state index in [9.17, 15) is 0 Å². The van der Waals surface area contributed by atoms with Gasteiger partial charge in [0.05, 0.1) is 0 Å². The summed E-state index contributed by atoms with van der Waals surface area (Å²) in [5, 5.41) is 0. The van der Waals surface area contributed by atoms with Gasteiger partial charge in [0.2, 0.25) is 0 Å². The molecule has 2 saturated heterocycles. The molecule has 1 radical (unpaired) electrons. The molecule has 2 heterocycles. The van der Waals surface area contributed by atoms with Gasteiger partial charge in [-0.2, -0.15) is 36.4 Å². The summed E-state index contributed by atoms with van der Waals surface area (Å²) in [6, 6.07) is 13.2. The molecule has 2 atom stereocenters. The van der Waals surface area contributed by atoms with E-state index in [2.05, 4.69) is 28.6 Å². The van der Waals surface area contributed by atoms with E-state index in [4.69, 9.17) is 0 Å². The van der Waals surface area contributed by atoms with Gasteiger partial charge >= 0.3 is 0 Å². The zero-order chi connectivity index (χ0) is 11.2. The monoisotopic (exact) mass is 303 g/mol. The summed E-state index contributed by atoms with van der Waals surface area (Å²) in [5.41, 5.74) is 0. The Balaban J connectivity index is 0.000000180. The molecule has 2 nitrogen and oxygen atoms in total. The SMILES string of the molecule is C=[C-]N1CCN2CCC1C2.[Y].[c-]1ccccc1. The average molecular weight is 303 g/mol. The van der Waals surface area contributed by atoms with Crippen molar-refractivity contribution in [1.29, 1.82) is 0 Å². The minimum absolute atomic E-state index is 0. The van der Waals surface area contributed by atoms with Gasteiger partial charge in [0.15, 0.2) is 0 Å². The zero-order valence-corrected chi connectivity index (χ0v) is 13.0. The fourth-order valence-corrected chi connectivity index (χ4v) is 2.25. The first kappa shape index (κ1) is 14.9. The van der Waals surface area contributed by atoms with Gasteiger partial charge in [0, 0.05) is 58.4 Å². The third-order valence-corrected chi connectivity index (χ3v) is 3.16. The van der Waals surface area contributed by atoms with Gasteiger partial charge in [-0.25, -0.2) is 0 Å². The van der Waals surface area contributed by atoms with Crippen LogP contribution >= 0.6 is 0 Å². The molecule has 0 saturated carbocycles. The second-order valence-corrected chi connectivity index (χ2v) is 4.17. The van der Waals surface area contributed by atoms with E-state index in [1.165, 1.54) is 26.1 Å². The smallest absolute Gasteiger partial charge is 0.0161 e. The number of nitrogens with zero attached hydrogens (tertiary/aromatic N) is 2. The Hall–Kier alpha value is -0.176. The van der Waals surface area contributed by atoms with Crippen molar-refractivity contribution in [2.75, 3.05) is 26.2 Å². The van der Waals surface area contributed by atoms with Gasteiger partial charge in [-0.1, -0.05) is 0 Å². The van der Waals surface area contributed by atoms with Crippen molar-refractivity contribution < 1.29 is 32.7 Å². The molecule has 2 aliphatic heterocycles. The third-order valence-electron chi connectivity index (χ3n) is 3.16. The van der Waals surface area contributed by atoms with E-state index < -0.39 is 0 Å². The van der Waals surface area contributed by atoms with Crippen LogP contribution < -0.4 is 0 Å². The van der Waals surface area contributed by atoms with Gasteiger partial charge in [-0.05, 0) is 13.0 Å². The Bertz CT molecular complexity index is 289. The van der Waals surface area contributed by atoms with Crippen LogP contribution in [0.5, 0.6) is 0 Å². The van der Waals surface area contributed by atoms with E-state index in [-0.39, 0.29) is 32.7 Å². The first-order valence-electron chi connectivity index (χ1n) is 5.83. The first-order valence-corrected chi connectivity index (χ1v) is 5.83.